The third-order valence-electron chi connectivity index (χ3n) is 2.81. The van der Waals surface area contributed by atoms with E-state index in [-0.39, 0.29) is 6.04 Å². The predicted octanol–water partition coefficient (Wildman–Crippen LogP) is 1.56. The molecule has 1 saturated heterocycles. The van der Waals surface area contributed by atoms with E-state index in [0.29, 0.717) is 6.10 Å². The lowest BCUT2D eigenvalue weighted by Crippen LogP contribution is -2.17. The van der Waals surface area contributed by atoms with Crippen LogP contribution in [0.3, 0.4) is 0 Å². The number of aromatic nitrogens is 1. The van der Waals surface area contributed by atoms with Crippen molar-refractivity contribution in [1.82, 2.24) is 4.57 Å². The van der Waals surface area contributed by atoms with Crippen molar-refractivity contribution in [3.8, 4) is 0 Å². The molecule has 2 N–H and O–H groups in total. The van der Waals surface area contributed by atoms with Crippen molar-refractivity contribution in [2.45, 2.75) is 44.9 Å². The van der Waals surface area contributed by atoms with E-state index in [1.165, 1.54) is 18.4 Å². The lowest BCUT2D eigenvalue weighted by molar-refractivity contribution is 0.0971. The first-order chi connectivity index (χ1) is 7.24. The maximum absolute atomic E-state index is 5.76. The zero-order valence-corrected chi connectivity index (χ0v) is 9.36. The number of nitrogens with zero attached hydrogens (tertiary/aromatic N) is 1. The Hall–Kier alpha value is -0.800. The second kappa shape index (κ2) is 4.81. The third-order valence-corrected chi connectivity index (χ3v) is 2.81. The summed E-state index contributed by atoms with van der Waals surface area (Å²) in [6, 6.07) is 2.39. The van der Waals surface area contributed by atoms with E-state index in [2.05, 4.69) is 23.0 Å². The molecule has 0 aromatic carbocycles. The van der Waals surface area contributed by atoms with Gasteiger partial charge in [-0.2, -0.15) is 0 Å². The van der Waals surface area contributed by atoms with Gasteiger partial charge in [0.25, 0.3) is 0 Å². The molecule has 0 saturated carbocycles. The number of hydrogen-bond donors (Lipinski definition) is 1. The molecule has 0 spiro atoms. The molecular formula is C12H20N2O. The second-order valence-corrected chi connectivity index (χ2v) is 4.53. The summed E-state index contributed by atoms with van der Waals surface area (Å²) in [6.07, 6.45) is 8.09. The van der Waals surface area contributed by atoms with Gasteiger partial charge >= 0.3 is 0 Å². The van der Waals surface area contributed by atoms with Crippen LogP contribution in [-0.4, -0.2) is 23.3 Å². The van der Waals surface area contributed by atoms with Crippen molar-refractivity contribution >= 4 is 0 Å². The lowest BCUT2D eigenvalue weighted by Gasteiger charge is -2.09. The van der Waals surface area contributed by atoms with Crippen molar-refractivity contribution in [2.75, 3.05) is 6.61 Å². The van der Waals surface area contributed by atoms with Gasteiger partial charge in [0, 0.05) is 31.6 Å². The van der Waals surface area contributed by atoms with Crippen molar-refractivity contribution in [3.05, 3.63) is 24.0 Å². The molecule has 0 amide bonds. The number of ether oxygens (including phenoxy) is 1. The van der Waals surface area contributed by atoms with Crippen LogP contribution in [0.1, 0.15) is 25.3 Å². The maximum Gasteiger partial charge on any atom is 0.0754 e. The van der Waals surface area contributed by atoms with E-state index >= 15 is 0 Å². The molecule has 0 radical (unpaired) electrons. The number of nitrogens with two attached hydrogens (primary N) is 1. The van der Waals surface area contributed by atoms with E-state index in [4.69, 9.17) is 10.5 Å². The van der Waals surface area contributed by atoms with Crippen LogP contribution in [0.25, 0.3) is 0 Å². The molecule has 2 unspecified atom stereocenters. The molecule has 0 aliphatic carbocycles. The van der Waals surface area contributed by atoms with Crippen LogP contribution < -0.4 is 5.73 Å². The van der Waals surface area contributed by atoms with Gasteiger partial charge in [-0.3, -0.25) is 0 Å². The summed E-state index contributed by atoms with van der Waals surface area (Å²) in [5.74, 6) is 0. The van der Waals surface area contributed by atoms with Crippen LogP contribution in [-0.2, 0) is 17.7 Å². The van der Waals surface area contributed by atoms with Crippen LogP contribution in [0.2, 0.25) is 0 Å². The lowest BCUT2D eigenvalue weighted by atomic mass is 10.1. The van der Waals surface area contributed by atoms with E-state index in [1.807, 2.05) is 6.92 Å². The quantitative estimate of drug-likeness (QED) is 0.815. The predicted molar refractivity (Wildman–Crippen MR) is 60.8 cm³/mol. The zero-order chi connectivity index (χ0) is 10.7. The minimum atomic E-state index is 0.239. The van der Waals surface area contributed by atoms with Gasteiger partial charge < -0.3 is 15.0 Å². The summed E-state index contributed by atoms with van der Waals surface area (Å²) in [7, 11) is 0. The summed E-state index contributed by atoms with van der Waals surface area (Å²) >= 11 is 0. The van der Waals surface area contributed by atoms with Gasteiger partial charge in [-0.1, -0.05) is 0 Å². The first kappa shape index (κ1) is 10.7. The number of rotatable bonds is 4. The molecule has 1 aromatic heterocycles. The molecular weight excluding hydrogens is 188 g/mol. The van der Waals surface area contributed by atoms with Gasteiger partial charge in [0.1, 0.15) is 0 Å². The summed E-state index contributed by atoms with van der Waals surface area (Å²) in [6.45, 7) is 3.95. The highest BCUT2D eigenvalue weighted by Gasteiger charge is 2.15. The Balaban J connectivity index is 1.88. The Morgan fingerprint density at radius 1 is 1.67 bits per heavy atom. The van der Waals surface area contributed by atoms with Gasteiger partial charge in [0.2, 0.25) is 0 Å². The smallest absolute Gasteiger partial charge is 0.0754 e. The average molecular weight is 208 g/mol. The number of hydrogen-bond acceptors (Lipinski definition) is 2. The van der Waals surface area contributed by atoms with E-state index in [1.54, 1.807) is 0 Å². The van der Waals surface area contributed by atoms with Gasteiger partial charge in [-0.25, -0.2) is 0 Å². The Bertz CT molecular complexity index is 300. The molecule has 3 heteroatoms. The molecule has 0 bridgehead atoms. The minimum absolute atomic E-state index is 0.239. The molecule has 2 rings (SSSR count). The summed E-state index contributed by atoms with van der Waals surface area (Å²) in [4.78, 5) is 0. The minimum Gasteiger partial charge on any atom is -0.376 e. The van der Waals surface area contributed by atoms with Crippen molar-refractivity contribution in [1.29, 1.82) is 0 Å². The van der Waals surface area contributed by atoms with Crippen LogP contribution in [0.5, 0.6) is 0 Å². The standard InChI is InChI=1S/C12H20N2O/c1-10(13)7-11-4-5-14(8-11)9-12-3-2-6-15-12/h4-5,8,10,12H,2-3,6-7,9,13H2,1H3. The van der Waals surface area contributed by atoms with E-state index in [0.717, 1.165) is 19.6 Å². The largest absolute Gasteiger partial charge is 0.376 e. The van der Waals surface area contributed by atoms with Crippen molar-refractivity contribution < 1.29 is 4.74 Å². The summed E-state index contributed by atoms with van der Waals surface area (Å²) in [5.41, 5.74) is 7.09. The molecule has 1 aromatic rings. The van der Waals surface area contributed by atoms with Crippen molar-refractivity contribution in [3.63, 3.8) is 0 Å². The Kier molecular flexibility index (Phi) is 3.44. The average Bonchev–Trinajstić information content (AvgIpc) is 2.77. The second-order valence-electron chi connectivity index (χ2n) is 4.53. The van der Waals surface area contributed by atoms with E-state index < -0.39 is 0 Å². The van der Waals surface area contributed by atoms with Crippen molar-refractivity contribution in [2.24, 2.45) is 5.73 Å². The SMILES string of the molecule is CC(N)Cc1ccn(CC2CCCO2)c1. The molecule has 1 aliphatic heterocycles. The highest BCUT2D eigenvalue weighted by molar-refractivity contribution is 5.11. The Morgan fingerprint density at radius 3 is 3.20 bits per heavy atom. The normalized spacial score (nSPS) is 23.2. The van der Waals surface area contributed by atoms with Gasteiger partial charge in [0.15, 0.2) is 0 Å². The fourth-order valence-corrected chi connectivity index (χ4v) is 2.12. The van der Waals surface area contributed by atoms with Crippen LogP contribution in [0.4, 0.5) is 0 Å². The molecule has 2 atom stereocenters. The maximum atomic E-state index is 5.76. The van der Waals surface area contributed by atoms with Crippen LogP contribution in [0.15, 0.2) is 18.5 Å². The third kappa shape index (κ3) is 3.08. The monoisotopic (exact) mass is 208 g/mol. The Morgan fingerprint density at radius 2 is 2.53 bits per heavy atom. The van der Waals surface area contributed by atoms with Crippen LogP contribution >= 0.6 is 0 Å². The van der Waals surface area contributed by atoms with Gasteiger partial charge in [0.05, 0.1) is 6.10 Å². The zero-order valence-electron chi connectivity index (χ0n) is 9.36. The fourth-order valence-electron chi connectivity index (χ4n) is 2.12. The first-order valence-electron chi connectivity index (χ1n) is 5.76. The summed E-state index contributed by atoms with van der Waals surface area (Å²) < 4.78 is 7.82. The van der Waals surface area contributed by atoms with Crippen LogP contribution in [0, 0.1) is 0 Å². The van der Waals surface area contributed by atoms with Gasteiger partial charge in [-0.15, -0.1) is 0 Å². The molecule has 84 valence electrons. The summed E-state index contributed by atoms with van der Waals surface area (Å²) in [5, 5.41) is 0. The first-order valence-corrected chi connectivity index (χ1v) is 5.76. The fraction of sp³-hybridized carbons (Fsp3) is 0.667. The molecule has 3 nitrogen and oxygen atoms in total. The van der Waals surface area contributed by atoms with Gasteiger partial charge in [-0.05, 0) is 37.8 Å². The molecule has 1 aliphatic rings. The molecule has 2 heterocycles. The molecule has 15 heavy (non-hydrogen) atoms. The highest BCUT2D eigenvalue weighted by Crippen LogP contribution is 2.15. The topological polar surface area (TPSA) is 40.2 Å². The molecule has 1 fully saturated rings. The highest BCUT2D eigenvalue weighted by atomic mass is 16.5. The van der Waals surface area contributed by atoms with E-state index in [9.17, 15) is 0 Å². The Labute approximate surface area is 91.2 Å².